The Morgan fingerprint density at radius 1 is 1.44 bits per heavy atom. The first-order valence-electron chi connectivity index (χ1n) is 4.82. The minimum Gasteiger partial charge on any atom is -0.506 e. The molecule has 0 heterocycles. The standard InChI is InChI=1S/C11H13NO4/c1-3-16-11(15)8-4-5-10(14)9(6-8)12-7(2)13/h4-6,14H,3H2,1-2H3,(H,12,13). The number of anilines is 1. The molecule has 5 nitrogen and oxygen atoms in total. The van der Waals surface area contributed by atoms with Crippen LogP contribution in [0.15, 0.2) is 18.2 Å². The van der Waals surface area contributed by atoms with Gasteiger partial charge in [-0.05, 0) is 25.1 Å². The zero-order chi connectivity index (χ0) is 12.1. The lowest BCUT2D eigenvalue weighted by Crippen LogP contribution is -2.09. The summed E-state index contributed by atoms with van der Waals surface area (Å²) in [6.45, 7) is 3.29. The summed E-state index contributed by atoms with van der Waals surface area (Å²) in [7, 11) is 0. The average molecular weight is 223 g/mol. The number of hydrogen-bond donors (Lipinski definition) is 2. The van der Waals surface area contributed by atoms with Crippen LogP contribution in [-0.4, -0.2) is 23.6 Å². The van der Waals surface area contributed by atoms with Crippen LogP contribution < -0.4 is 5.32 Å². The van der Waals surface area contributed by atoms with E-state index in [1.165, 1.54) is 25.1 Å². The summed E-state index contributed by atoms with van der Waals surface area (Å²) in [4.78, 5) is 22.2. The van der Waals surface area contributed by atoms with Crippen molar-refractivity contribution in [3.8, 4) is 5.75 Å². The van der Waals surface area contributed by atoms with Crippen molar-refractivity contribution in [3.63, 3.8) is 0 Å². The van der Waals surface area contributed by atoms with Gasteiger partial charge in [-0.3, -0.25) is 4.79 Å². The van der Waals surface area contributed by atoms with Gasteiger partial charge in [0, 0.05) is 6.92 Å². The topological polar surface area (TPSA) is 75.6 Å². The number of esters is 1. The summed E-state index contributed by atoms with van der Waals surface area (Å²) in [6, 6.07) is 4.13. The van der Waals surface area contributed by atoms with Crippen LogP contribution in [-0.2, 0) is 9.53 Å². The van der Waals surface area contributed by atoms with Gasteiger partial charge in [0.2, 0.25) is 5.91 Å². The van der Waals surface area contributed by atoms with Gasteiger partial charge in [0.15, 0.2) is 0 Å². The second-order valence-corrected chi connectivity index (χ2v) is 3.13. The molecular weight excluding hydrogens is 210 g/mol. The highest BCUT2D eigenvalue weighted by atomic mass is 16.5. The third-order valence-electron chi connectivity index (χ3n) is 1.82. The summed E-state index contributed by atoms with van der Waals surface area (Å²) in [6.07, 6.45) is 0. The molecule has 1 aromatic carbocycles. The zero-order valence-electron chi connectivity index (χ0n) is 9.11. The van der Waals surface area contributed by atoms with Gasteiger partial charge < -0.3 is 15.2 Å². The molecule has 0 aliphatic rings. The smallest absolute Gasteiger partial charge is 0.338 e. The van der Waals surface area contributed by atoms with E-state index in [2.05, 4.69) is 5.32 Å². The second kappa shape index (κ2) is 5.16. The predicted octanol–water partition coefficient (Wildman–Crippen LogP) is 1.53. The largest absolute Gasteiger partial charge is 0.506 e. The number of amides is 1. The second-order valence-electron chi connectivity index (χ2n) is 3.13. The van der Waals surface area contributed by atoms with Gasteiger partial charge in [-0.1, -0.05) is 0 Å². The SMILES string of the molecule is CCOC(=O)c1ccc(O)c(NC(C)=O)c1. The summed E-state index contributed by atoms with van der Waals surface area (Å²) >= 11 is 0. The molecule has 1 amide bonds. The van der Waals surface area contributed by atoms with Crippen molar-refractivity contribution in [2.24, 2.45) is 0 Å². The van der Waals surface area contributed by atoms with E-state index in [4.69, 9.17) is 4.74 Å². The number of aromatic hydroxyl groups is 1. The molecule has 16 heavy (non-hydrogen) atoms. The maximum absolute atomic E-state index is 11.4. The first-order chi connectivity index (χ1) is 7.54. The molecule has 2 N–H and O–H groups in total. The lowest BCUT2D eigenvalue weighted by molar-refractivity contribution is -0.114. The van der Waals surface area contributed by atoms with Gasteiger partial charge in [-0.2, -0.15) is 0 Å². The van der Waals surface area contributed by atoms with Crippen molar-refractivity contribution in [1.29, 1.82) is 0 Å². The van der Waals surface area contributed by atoms with Crippen LogP contribution in [0.3, 0.4) is 0 Å². The average Bonchev–Trinajstić information content (AvgIpc) is 2.21. The van der Waals surface area contributed by atoms with Crippen LogP contribution in [0.25, 0.3) is 0 Å². The molecular formula is C11H13NO4. The van der Waals surface area contributed by atoms with Crippen molar-refractivity contribution in [3.05, 3.63) is 23.8 Å². The highest BCUT2D eigenvalue weighted by Crippen LogP contribution is 2.24. The number of carbonyl (C=O) groups is 2. The summed E-state index contributed by atoms with van der Waals surface area (Å²) < 4.78 is 4.79. The summed E-state index contributed by atoms with van der Waals surface area (Å²) in [5.74, 6) is -0.909. The lowest BCUT2D eigenvalue weighted by atomic mass is 10.2. The summed E-state index contributed by atoms with van der Waals surface area (Å²) in [5, 5.41) is 11.8. The normalized spacial score (nSPS) is 9.62. The Balaban J connectivity index is 2.97. The van der Waals surface area contributed by atoms with Crippen LogP contribution in [0, 0.1) is 0 Å². The van der Waals surface area contributed by atoms with E-state index >= 15 is 0 Å². The van der Waals surface area contributed by atoms with E-state index in [1.54, 1.807) is 6.92 Å². The molecule has 0 spiro atoms. The van der Waals surface area contributed by atoms with Crippen molar-refractivity contribution in [2.75, 3.05) is 11.9 Å². The molecule has 0 radical (unpaired) electrons. The number of rotatable bonds is 3. The number of benzene rings is 1. The van der Waals surface area contributed by atoms with E-state index in [0.717, 1.165) is 0 Å². The van der Waals surface area contributed by atoms with E-state index in [-0.39, 0.29) is 29.5 Å². The molecule has 0 bridgehead atoms. The molecule has 0 saturated heterocycles. The van der Waals surface area contributed by atoms with Crippen molar-refractivity contribution < 1.29 is 19.4 Å². The highest BCUT2D eigenvalue weighted by molar-refractivity contribution is 5.95. The molecule has 5 heteroatoms. The molecule has 0 saturated carbocycles. The maximum atomic E-state index is 11.4. The Labute approximate surface area is 93.0 Å². The molecule has 0 aliphatic heterocycles. The van der Waals surface area contributed by atoms with E-state index < -0.39 is 5.97 Å². The monoisotopic (exact) mass is 223 g/mol. The van der Waals surface area contributed by atoms with Crippen molar-refractivity contribution in [2.45, 2.75) is 13.8 Å². The highest BCUT2D eigenvalue weighted by Gasteiger charge is 2.10. The van der Waals surface area contributed by atoms with Gasteiger partial charge >= 0.3 is 5.97 Å². The Kier molecular flexibility index (Phi) is 3.88. The molecule has 1 aromatic rings. The molecule has 1 rings (SSSR count). The molecule has 0 aromatic heterocycles. The van der Waals surface area contributed by atoms with Gasteiger partial charge in [0.05, 0.1) is 17.9 Å². The quantitative estimate of drug-likeness (QED) is 0.601. The van der Waals surface area contributed by atoms with E-state index in [9.17, 15) is 14.7 Å². The Bertz CT molecular complexity index is 414. The fourth-order valence-electron chi connectivity index (χ4n) is 1.17. The summed E-state index contributed by atoms with van der Waals surface area (Å²) in [5.41, 5.74) is 0.474. The first kappa shape index (κ1) is 12.0. The minimum atomic E-state index is -0.492. The molecule has 86 valence electrons. The van der Waals surface area contributed by atoms with Crippen LogP contribution in [0.1, 0.15) is 24.2 Å². The number of ether oxygens (including phenoxy) is 1. The first-order valence-corrected chi connectivity index (χ1v) is 4.82. The molecule has 0 unspecified atom stereocenters. The van der Waals surface area contributed by atoms with Crippen molar-refractivity contribution >= 4 is 17.6 Å². The number of hydrogen-bond acceptors (Lipinski definition) is 4. The predicted molar refractivity (Wildman–Crippen MR) is 58.4 cm³/mol. The lowest BCUT2D eigenvalue weighted by Gasteiger charge is -2.07. The fourth-order valence-corrected chi connectivity index (χ4v) is 1.17. The fraction of sp³-hybridized carbons (Fsp3) is 0.273. The molecule has 0 atom stereocenters. The van der Waals surface area contributed by atoms with Crippen LogP contribution in [0.2, 0.25) is 0 Å². The van der Waals surface area contributed by atoms with Gasteiger partial charge in [0.1, 0.15) is 5.75 Å². The van der Waals surface area contributed by atoms with Gasteiger partial charge in [-0.25, -0.2) is 4.79 Å². The van der Waals surface area contributed by atoms with E-state index in [1.807, 2.05) is 0 Å². The number of nitrogens with one attached hydrogen (secondary N) is 1. The van der Waals surface area contributed by atoms with Crippen molar-refractivity contribution in [1.82, 2.24) is 0 Å². The number of phenols is 1. The zero-order valence-corrected chi connectivity index (χ0v) is 9.11. The Hall–Kier alpha value is -2.04. The van der Waals surface area contributed by atoms with Gasteiger partial charge in [-0.15, -0.1) is 0 Å². The van der Waals surface area contributed by atoms with E-state index in [0.29, 0.717) is 0 Å². The minimum absolute atomic E-state index is 0.0942. The number of carbonyl (C=O) groups excluding carboxylic acids is 2. The van der Waals surface area contributed by atoms with Gasteiger partial charge in [0.25, 0.3) is 0 Å². The van der Waals surface area contributed by atoms with Crippen LogP contribution in [0.5, 0.6) is 5.75 Å². The maximum Gasteiger partial charge on any atom is 0.338 e. The Morgan fingerprint density at radius 3 is 2.69 bits per heavy atom. The number of phenolic OH excluding ortho intramolecular Hbond substituents is 1. The van der Waals surface area contributed by atoms with Crippen LogP contribution >= 0.6 is 0 Å². The molecule has 0 fully saturated rings. The van der Waals surface area contributed by atoms with Crippen LogP contribution in [0.4, 0.5) is 5.69 Å². The Morgan fingerprint density at radius 2 is 2.12 bits per heavy atom. The third kappa shape index (κ3) is 2.98. The molecule has 0 aliphatic carbocycles. The third-order valence-corrected chi connectivity index (χ3v) is 1.82.